The van der Waals surface area contributed by atoms with Crippen LogP contribution in [0.25, 0.3) is 0 Å². The van der Waals surface area contributed by atoms with Crippen LogP contribution in [-0.2, 0) is 13.0 Å². The molecule has 0 fully saturated rings. The van der Waals surface area contributed by atoms with E-state index in [1.165, 1.54) is 10.4 Å². The fraction of sp³-hybridized carbons (Fsp3) is 0.400. The Kier molecular flexibility index (Phi) is 4.93. The van der Waals surface area contributed by atoms with Crippen molar-refractivity contribution in [2.45, 2.75) is 26.3 Å². The molecule has 0 aliphatic heterocycles. The van der Waals surface area contributed by atoms with Gasteiger partial charge in [-0.2, -0.15) is 0 Å². The molecule has 0 aliphatic rings. The summed E-state index contributed by atoms with van der Waals surface area (Å²) >= 11 is 1.74. The first-order chi connectivity index (χ1) is 9.16. The largest absolute Gasteiger partial charge is 0.399 e. The van der Waals surface area contributed by atoms with Gasteiger partial charge in [0, 0.05) is 17.1 Å². The first-order valence-corrected chi connectivity index (χ1v) is 7.45. The normalized spacial score (nSPS) is 11.1. The number of rotatable bonds is 6. The molecule has 2 aromatic rings. The van der Waals surface area contributed by atoms with E-state index in [-0.39, 0.29) is 0 Å². The molecule has 1 aromatic carbocycles. The molecule has 2 N–H and O–H groups in total. The molecule has 0 saturated carbocycles. The average molecular weight is 275 g/mol. The Bertz CT molecular complexity index is 522. The van der Waals surface area contributed by atoms with Crippen LogP contribution in [0.4, 0.5) is 5.69 Å². The summed E-state index contributed by atoms with van der Waals surface area (Å²) in [6.45, 7) is 4.14. The Hall–Kier alpha value is -1.39. The van der Waals surface area contributed by atoms with Crippen molar-refractivity contribution in [1.29, 1.82) is 0 Å². The lowest BCUT2D eigenvalue weighted by molar-refractivity contribution is 0.324. The fourth-order valence-corrected chi connectivity index (χ4v) is 2.96. The smallest absolute Gasteiger partial charge is 0.0798 e. The maximum absolute atomic E-state index is 5.95. The van der Waals surface area contributed by atoms with Crippen LogP contribution in [0.2, 0.25) is 0 Å². The highest BCUT2D eigenvalue weighted by Crippen LogP contribution is 2.16. The highest BCUT2D eigenvalue weighted by Gasteiger charge is 2.06. The van der Waals surface area contributed by atoms with Gasteiger partial charge in [0.25, 0.3) is 0 Å². The lowest BCUT2D eigenvalue weighted by Crippen LogP contribution is -2.19. The molecule has 2 rings (SSSR count). The summed E-state index contributed by atoms with van der Waals surface area (Å²) in [7, 11) is 2.16. The summed E-state index contributed by atoms with van der Waals surface area (Å²) in [4.78, 5) is 7.99. The molecule has 4 heteroatoms. The summed E-state index contributed by atoms with van der Waals surface area (Å²) in [6.07, 6.45) is 2.17. The molecular formula is C15H21N3S. The third-order valence-corrected chi connectivity index (χ3v) is 4.22. The number of para-hydroxylation sites is 1. The number of thiazole rings is 1. The van der Waals surface area contributed by atoms with E-state index in [4.69, 9.17) is 5.73 Å². The molecule has 102 valence electrons. The second-order valence-corrected chi connectivity index (χ2v) is 5.84. The lowest BCUT2D eigenvalue weighted by atomic mass is 10.1. The average Bonchev–Trinajstić information content (AvgIpc) is 2.77. The molecule has 19 heavy (non-hydrogen) atoms. The second kappa shape index (κ2) is 6.68. The van der Waals surface area contributed by atoms with Gasteiger partial charge in [-0.1, -0.05) is 18.2 Å². The van der Waals surface area contributed by atoms with Gasteiger partial charge in [0.1, 0.15) is 0 Å². The topological polar surface area (TPSA) is 42.2 Å². The molecule has 0 unspecified atom stereocenters. The van der Waals surface area contributed by atoms with Crippen molar-refractivity contribution in [2.75, 3.05) is 19.3 Å². The maximum Gasteiger partial charge on any atom is 0.0798 e. The van der Waals surface area contributed by atoms with Crippen molar-refractivity contribution < 1.29 is 0 Å². The number of benzene rings is 1. The van der Waals surface area contributed by atoms with Crippen molar-refractivity contribution >= 4 is 17.0 Å². The van der Waals surface area contributed by atoms with Crippen LogP contribution in [0.1, 0.15) is 22.6 Å². The van der Waals surface area contributed by atoms with E-state index >= 15 is 0 Å². The van der Waals surface area contributed by atoms with Crippen molar-refractivity contribution in [3.8, 4) is 0 Å². The number of hydrogen-bond donors (Lipinski definition) is 1. The van der Waals surface area contributed by atoms with E-state index in [9.17, 15) is 0 Å². The Balaban J connectivity index is 1.77. The number of hydrogen-bond acceptors (Lipinski definition) is 4. The van der Waals surface area contributed by atoms with Crippen LogP contribution in [0.15, 0.2) is 29.8 Å². The predicted molar refractivity (Wildman–Crippen MR) is 82.4 cm³/mol. The van der Waals surface area contributed by atoms with Crippen LogP contribution in [-0.4, -0.2) is 23.5 Å². The summed E-state index contributed by atoms with van der Waals surface area (Å²) in [5.41, 5.74) is 11.2. The minimum atomic E-state index is 0.906. The maximum atomic E-state index is 5.95. The molecule has 0 atom stereocenters. The van der Waals surface area contributed by atoms with Crippen LogP contribution in [0, 0.1) is 6.92 Å². The zero-order valence-corrected chi connectivity index (χ0v) is 12.4. The molecule has 3 nitrogen and oxygen atoms in total. The Morgan fingerprint density at radius 2 is 2.11 bits per heavy atom. The summed E-state index contributed by atoms with van der Waals surface area (Å²) in [5, 5.41) is 0. The SMILES string of the molecule is Cc1ncsc1CN(C)CCCc1ccccc1N. The Morgan fingerprint density at radius 1 is 1.32 bits per heavy atom. The standard InChI is InChI=1S/C15H21N3S/c1-12-15(19-11-17-12)10-18(2)9-5-7-13-6-3-4-8-14(13)16/h3-4,6,8,11H,5,7,9-10,16H2,1-2H3. The minimum absolute atomic E-state index is 0.906. The van der Waals surface area contributed by atoms with Crippen LogP contribution in [0.3, 0.4) is 0 Å². The predicted octanol–water partition coefficient (Wildman–Crippen LogP) is 3.10. The second-order valence-electron chi connectivity index (χ2n) is 4.90. The third-order valence-electron chi connectivity index (χ3n) is 3.30. The van der Waals surface area contributed by atoms with E-state index in [0.717, 1.165) is 37.3 Å². The van der Waals surface area contributed by atoms with Crippen molar-refractivity contribution in [1.82, 2.24) is 9.88 Å². The molecule has 0 saturated heterocycles. The van der Waals surface area contributed by atoms with E-state index in [0.29, 0.717) is 0 Å². The van der Waals surface area contributed by atoms with E-state index in [2.05, 4.69) is 36.0 Å². The van der Waals surface area contributed by atoms with Crippen LogP contribution < -0.4 is 5.73 Å². The molecule has 1 heterocycles. The van der Waals surface area contributed by atoms with Gasteiger partial charge in [0.2, 0.25) is 0 Å². The number of anilines is 1. The summed E-state index contributed by atoms with van der Waals surface area (Å²) in [5.74, 6) is 0. The summed E-state index contributed by atoms with van der Waals surface area (Å²) < 4.78 is 0. The molecule has 0 aliphatic carbocycles. The van der Waals surface area contributed by atoms with Gasteiger partial charge in [0.15, 0.2) is 0 Å². The minimum Gasteiger partial charge on any atom is -0.399 e. The van der Waals surface area contributed by atoms with Gasteiger partial charge >= 0.3 is 0 Å². The van der Waals surface area contributed by atoms with E-state index in [1.807, 2.05) is 17.6 Å². The number of nitrogens with two attached hydrogens (primary N) is 1. The van der Waals surface area contributed by atoms with Gasteiger partial charge in [-0.25, -0.2) is 4.98 Å². The van der Waals surface area contributed by atoms with Crippen molar-refractivity contribution in [3.05, 3.63) is 45.9 Å². The quantitative estimate of drug-likeness (QED) is 0.824. The number of nitrogens with zero attached hydrogens (tertiary/aromatic N) is 2. The molecule has 0 radical (unpaired) electrons. The lowest BCUT2D eigenvalue weighted by Gasteiger charge is -2.16. The third kappa shape index (κ3) is 4.04. The Labute approximate surface area is 119 Å². The fourth-order valence-electron chi connectivity index (χ4n) is 2.10. The first-order valence-electron chi connectivity index (χ1n) is 6.57. The highest BCUT2D eigenvalue weighted by atomic mass is 32.1. The molecule has 0 bridgehead atoms. The Morgan fingerprint density at radius 3 is 2.79 bits per heavy atom. The van der Waals surface area contributed by atoms with E-state index in [1.54, 1.807) is 11.3 Å². The van der Waals surface area contributed by atoms with E-state index < -0.39 is 0 Å². The summed E-state index contributed by atoms with van der Waals surface area (Å²) in [6, 6.07) is 8.12. The number of nitrogen functional groups attached to an aromatic ring is 1. The monoisotopic (exact) mass is 275 g/mol. The zero-order valence-electron chi connectivity index (χ0n) is 11.6. The zero-order chi connectivity index (χ0) is 13.7. The molecule has 1 aromatic heterocycles. The highest BCUT2D eigenvalue weighted by molar-refractivity contribution is 7.09. The number of aromatic nitrogens is 1. The van der Waals surface area contributed by atoms with Gasteiger partial charge < -0.3 is 10.6 Å². The molecule has 0 spiro atoms. The molecule has 0 amide bonds. The van der Waals surface area contributed by atoms with Gasteiger partial charge in [-0.05, 0) is 45.0 Å². The van der Waals surface area contributed by atoms with Crippen molar-refractivity contribution in [2.24, 2.45) is 0 Å². The van der Waals surface area contributed by atoms with Gasteiger partial charge in [0.05, 0.1) is 11.2 Å². The van der Waals surface area contributed by atoms with Crippen LogP contribution in [0.5, 0.6) is 0 Å². The molecular weight excluding hydrogens is 254 g/mol. The van der Waals surface area contributed by atoms with Crippen LogP contribution >= 0.6 is 11.3 Å². The number of aryl methyl sites for hydroxylation is 2. The van der Waals surface area contributed by atoms with Crippen molar-refractivity contribution in [3.63, 3.8) is 0 Å². The van der Waals surface area contributed by atoms with Gasteiger partial charge in [-0.3, -0.25) is 0 Å². The first kappa shape index (κ1) is 14.0. The van der Waals surface area contributed by atoms with Gasteiger partial charge in [-0.15, -0.1) is 11.3 Å².